The van der Waals surface area contributed by atoms with E-state index in [-0.39, 0.29) is 5.82 Å². The maximum atomic E-state index is 13.0. The molecule has 0 spiro atoms. The van der Waals surface area contributed by atoms with E-state index in [4.69, 9.17) is 17.3 Å². The molecule has 1 heterocycles. The topological polar surface area (TPSA) is 30.9 Å². The van der Waals surface area contributed by atoms with Gasteiger partial charge in [-0.05, 0) is 31.2 Å². The molecule has 0 unspecified atom stereocenters. The van der Waals surface area contributed by atoms with Gasteiger partial charge in [0.05, 0.1) is 5.02 Å². The van der Waals surface area contributed by atoms with Crippen LogP contribution in [0, 0.1) is 5.82 Å². The molecule has 2 nitrogen and oxygen atoms in total. The van der Waals surface area contributed by atoms with Crippen LogP contribution in [-0.2, 0) is 6.54 Å². The highest BCUT2D eigenvalue weighted by atomic mass is 35.5. The highest BCUT2D eigenvalue weighted by molar-refractivity contribution is 6.35. The summed E-state index contributed by atoms with van der Waals surface area (Å²) in [6.07, 6.45) is 2.71. The summed E-state index contributed by atoms with van der Waals surface area (Å²) in [5, 5.41) is 1.34. The first-order chi connectivity index (χ1) is 7.22. The van der Waals surface area contributed by atoms with E-state index in [0.717, 1.165) is 23.9 Å². The minimum atomic E-state index is -0.263. The van der Waals surface area contributed by atoms with Crippen LogP contribution in [0.3, 0.4) is 0 Å². The van der Waals surface area contributed by atoms with Crippen LogP contribution in [0.5, 0.6) is 0 Å². The van der Waals surface area contributed by atoms with Crippen LogP contribution in [0.2, 0.25) is 5.02 Å². The van der Waals surface area contributed by atoms with E-state index in [1.807, 2.05) is 10.8 Å². The molecule has 1 aromatic heterocycles. The molecule has 0 bridgehead atoms. The molecule has 0 atom stereocenters. The summed E-state index contributed by atoms with van der Waals surface area (Å²) in [5.41, 5.74) is 6.40. The molecule has 0 aliphatic rings. The van der Waals surface area contributed by atoms with Gasteiger partial charge in [-0.25, -0.2) is 4.39 Å². The maximum Gasteiger partial charge on any atom is 0.124 e. The molecule has 0 fully saturated rings. The lowest BCUT2D eigenvalue weighted by molar-refractivity contribution is 0.629. The zero-order valence-electron chi connectivity index (χ0n) is 8.21. The minimum absolute atomic E-state index is 0.263. The van der Waals surface area contributed by atoms with Gasteiger partial charge < -0.3 is 10.3 Å². The SMILES string of the molecule is NCCCn1cc(Cl)c2cc(F)ccc21. The molecule has 0 aliphatic heterocycles. The lowest BCUT2D eigenvalue weighted by Gasteiger charge is -2.03. The number of benzene rings is 1. The first-order valence-electron chi connectivity index (χ1n) is 4.86. The summed E-state index contributed by atoms with van der Waals surface area (Å²) in [6.45, 7) is 1.45. The van der Waals surface area contributed by atoms with Crippen LogP contribution in [0.4, 0.5) is 4.39 Å². The van der Waals surface area contributed by atoms with Gasteiger partial charge in [0.25, 0.3) is 0 Å². The van der Waals surface area contributed by atoms with Crippen molar-refractivity contribution in [2.75, 3.05) is 6.54 Å². The Labute approximate surface area is 92.4 Å². The fraction of sp³-hybridized carbons (Fsp3) is 0.273. The molecule has 80 valence electrons. The number of aromatic nitrogens is 1. The number of hydrogen-bond donors (Lipinski definition) is 1. The van der Waals surface area contributed by atoms with Gasteiger partial charge in [-0.3, -0.25) is 0 Å². The van der Waals surface area contributed by atoms with Gasteiger partial charge in [0, 0.05) is 23.6 Å². The zero-order valence-corrected chi connectivity index (χ0v) is 8.97. The van der Waals surface area contributed by atoms with E-state index in [9.17, 15) is 4.39 Å². The Bertz CT molecular complexity index is 479. The molecule has 0 amide bonds. The smallest absolute Gasteiger partial charge is 0.124 e. The molecular formula is C11H12ClFN2. The van der Waals surface area contributed by atoms with Gasteiger partial charge in [-0.1, -0.05) is 11.6 Å². The van der Waals surface area contributed by atoms with E-state index in [1.165, 1.54) is 12.1 Å². The van der Waals surface area contributed by atoms with Crippen molar-refractivity contribution in [3.05, 3.63) is 35.2 Å². The van der Waals surface area contributed by atoms with Crippen molar-refractivity contribution >= 4 is 22.5 Å². The largest absolute Gasteiger partial charge is 0.346 e. The Morgan fingerprint density at radius 1 is 1.40 bits per heavy atom. The molecule has 2 aromatic rings. The van der Waals surface area contributed by atoms with Gasteiger partial charge >= 0.3 is 0 Å². The molecule has 0 saturated carbocycles. The molecule has 2 rings (SSSR count). The Morgan fingerprint density at radius 2 is 2.20 bits per heavy atom. The maximum absolute atomic E-state index is 13.0. The second-order valence-corrected chi connectivity index (χ2v) is 3.88. The minimum Gasteiger partial charge on any atom is -0.346 e. The molecule has 15 heavy (non-hydrogen) atoms. The second kappa shape index (κ2) is 4.21. The van der Waals surface area contributed by atoms with Crippen LogP contribution in [0.25, 0.3) is 10.9 Å². The predicted octanol–water partition coefficient (Wildman–Crippen LogP) is 2.78. The average Bonchev–Trinajstić information content (AvgIpc) is 2.53. The van der Waals surface area contributed by atoms with Crippen LogP contribution in [0.1, 0.15) is 6.42 Å². The zero-order chi connectivity index (χ0) is 10.8. The van der Waals surface area contributed by atoms with Crippen LogP contribution < -0.4 is 5.73 Å². The van der Waals surface area contributed by atoms with Gasteiger partial charge in [0.1, 0.15) is 5.82 Å². The quantitative estimate of drug-likeness (QED) is 0.857. The number of aryl methyl sites for hydroxylation is 1. The fourth-order valence-electron chi connectivity index (χ4n) is 1.67. The van der Waals surface area contributed by atoms with E-state index in [0.29, 0.717) is 11.6 Å². The van der Waals surface area contributed by atoms with Gasteiger partial charge in [0.15, 0.2) is 0 Å². The highest BCUT2D eigenvalue weighted by Gasteiger charge is 2.07. The lowest BCUT2D eigenvalue weighted by atomic mass is 10.2. The van der Waals surface area contributed by atoms with Crippen molar-refractivity contribution < 1.29 is 4.39 Å². The standard InChI is InChI=1S/C11H12ClFN2/c12-10-7-15(5-1-4-14)11-3-2-8(13)6-9(10)11/h2-3,6-7H,1,4-5,14H2. The lowest BCUT2D eigenvalue weighted by Crippen LogP contribution is -2.04. The molecule has 0 radical (unpaired) electrons. The van der Waals surface area contributed by atoms with Crippen molar-refractivity contribution in [2.24, 2.45) is 5.73 Å². The molecule has 0 saturated heterocycles. The fourth-order valence-corrected chi connectivity index (χ4v) is 1.94. The van der Waals surface area contributed by atoms with Gasteiger partial charge in [0.2, 0.25) is 0 Å². The summed E-state index contributed by atoms with van der Waals surface area (Å²) < 4.78 is 15.0. The van der Waals surface area contributed by atoms with Crippen LogP contribution in [0.15, 0.2) is 24.4 Å². The number of nitrogens with two attached hydrogens (primary N) is 1. The second-order valence-electron chi connectivity index (χ2n) is 3.47. The predicted molar refractivity (Wildman–Crippen MR) is 60.6 cm³/mol. The molecule has 4 heteroatoms. The molecule has 1 aromatic carbocycles. The Hall–Kier alpha value is -1.06. The van der Waals surface area contributed by atoms with Gasteiger partial charge in [-0.2, -0.15) is 0 Å². The molecule has 0 aliphatic carbocycles. The third kappa shape index (κ3) is 1.98. The summed E-state index contributed by atoms with van der Waals surface area (Å²) in [7, 11) is 0. The van der Waals surface area contributed by atoms with Crippen molar-refractivity contribution in [1.29, 1.82) is 0 Å². The third-order valence-corrected chi connectivity index (χ3v) is 2.70. The first kappa shape index (κ1) is 10.5. The summed E-state index contributed by atoms with van der Waals surface area (Å²) in [4.78, 5) is 0. The van der Waals surface area contributed by atoms with E-state index in [1.54, 1.807) is 6.07 Å². The molecular weight excluding hydrogens is 215 g/mol. The number of nitrogens with zero attached hydrogens (tertiary/aromatic N) is 1. The van der Waals surface area contributed by atoms with E-state index >= 15 is 0 Å². The van der Waals surface area contributed by atoms with Crippen molar-refractivity contribution in [2.45, 2.75) is 13.0 Å². The number of hydrogen-bond acceptors (Lipinski definition) is 1. The monoisotopic (exact) mass is 226 g/mol. The van der Waals surface area contributed by atoms with Gasteiger partial charge in [-0.15, -0.1) is 0 Å². The Kier molecular flexibility index (Phi) is 2.93. The number of fused-ring (bicyclic) bond motifs is 1. The summed E-state index contributed by atoms with van der Waals surface area (Å²) in [5.74, 6) is -0.263. The summed E-state index contributed by atoms with van der Waals surface area (Å²) >= 11 is 6.01. The Balaban J connectivity index is 2.48. The van der Waals surface area contributed by atoms with Crippen molar-refractivity contribution in [1.82, 2.24) is 4.57 Å². The number of halogens is 2. The number of rotatable bonds is 3. The van der Waals surface area contributed by atoms with E-state index < -0.39 is 0 Å². The Morgan fingerprint density at radius 3 is 2.93 bits per heavy atom. The van der Waals surface area contributed by atoms with Crippen molar-refractivity contribution in [3.8, 4) is 0 Å². The van der Waals surface area contributed by atoms with E-state index in [2.05, 4.69) is 0 Å². The van der Waals surface area contributed by atoms with Crippen molar-refractivity contribution in [3.63, 3.8) is 0 Å². The van der Waals surface area contributed by atoms with Crippen LogP contribution >= 0.6 is 11.6 Å². The summed E-state index contributed by atoms with van der Waals surface area (Å²) in [6, 6.07) is 4.64. The molecule has 2 N–H and O–H groups in total. The van der Waals surface area contributed by atoms with Crippen LogP contribution in [-0.4, -0.2) is 11.1 Å². The average molecular weight is 227 g/mol. The highest BCUT2D eigenvalue weighted by Crippen LogP contribution is 2.26. The first-order valence-corrected chi connectivity index (χ1v) is 5.24. The third-order valence-electron chi connectivity index (χ3n) is 2.40. The normalized spacial score (nSPS) is 11.1.